The van der Waals surface area contributed by atoms with Gasteiger partial charge in [0.25, 0.3) is 0 Å². The zero-order chi connectivity index (χ0) is 16.1. The lowest BCUT2D eigenvalue weighted by atomic mass is 9.98. The van der Waals surface area contributed by atoms with Crippen molar-refractivity contribution in [2.24, 2.45) is 0 Å². The average Bonchev–Trinajstić information content (AvgIpc) is 2.49. The lowest BCUT2D eigenvalue weighted by Gasteiger charge is -2.37. The summed E-state index contributed by atoms with van der Waals surface area (Å²) in [5, 5.41) is 9.86. The molecule has 1 heterocycles. The molecule has 2 rings (SSSR count). The van der Waals surface area contributed by atoms with Crippen LogP contribution < -0.4 is 0 Å². The molecule has 1 N–H and O–H groups in total. The van der Waals surface area contributed by atoms with Crippen molar-refractivity contribution in [2.75, 3.05) is 20.1 Å². The molecule has 1 saturated heterocycles. The molecule has 2 atom stereocenters. The Kier molecular flexibility index (Phi) is 5.91. The second kappa shape index (κ2) is 7.70. The van der Waals surface area contributed by atoms with Crippen LogP contribution in [-0.2, 0) is 11.3 Å². The van der Waals surface area contributed by atoms with Crippen molar-refractivity contribution in [1.29, 1.82) is 0 Å². The predicted octanol–water partition coefficient (Wildman–Crippen LogP) is 2.02. The highest BCUT2D eigenvalue weighted by atomic mass is 19.1. The molecule has 1 fully saturated rings. The first-order valence-corrected chi connectivity index (χ1v) is 7.88. The van der Waals surface area contributed by atoms with Gasteiger partial charge in [0.1, 0.15) is 5.82 Å². The minimum atomic E-state index is -0.421. The number of aliphatic hydroxyl groups excluding tert-OH is 1. The van der Waals surface area contributed by atoms with Crippen LogP contribution in [0.2, 0.25) is 0 Å². The van der Waals surface area contributed by atoms with Crippen LogP contribution >= 0.6 is 0 Å². The quantitative estimate of drug-likeness (QED) is 0.905. The van der Waals surface area contributed by atoms with E-state index in [1.165, 1.54) is 12.1 Å². The zero-order valence-corrected chi connectivity index (χ0v) is 13.3. The van der Waals surface area contributed by atoms with Gasteiger partial charge in [-0.05, 0) is 44.0 Å². The minimum Gasteiger partial charge on any atom is -0.392 e. The van der Waals surface area contributed by atoms with Gasteiger partial charge in [0, 0.05) is 19.6 Å². The van der Waals surface area contributed by atoms with E-state index in [4.69, 9.17) is 0 Å². The summed E-state index contributed by atoms with van der Waals surface area (Å²) in [6.07, 6.45) is 2.69. The van der Waals surface area contributed by atoms with E-state index in [1.54, 1.807) is 31.0 Å². The third-order valence-corrected chi connectivity index (χ3v) is 4.32. The molecule has 0 aromatic heterocycles. The van der Waals surface area contributed by atoms with Crippen molar-refractivity contribution in [1.82, 2.24) is 9.80 Å². The van der Waals surface area contributed by atoms with Gasteiger partial charge in [-0.1, -0.05) is 18.6 Å². The third kappa shape index (κ3) is 4.52. The maximum atomic E-state index is 12.9. The fourth-order valence-corrected chi connectivity index (χ4v) is 3.01. The number of nitrogens with zero attached hydrogens (tertiary/aromatic N) is 2. The van der Waals surface area contributed by atoms with Crippen molar-refractivity contribution in [3.05, 3.63) is 35.6 Å². The van der Waals surface area contributed by atoms with Gasteiger partial charge in [-0.15, -0.1) is 0 Å². The number of aliphatic hydroxyl groups is 1. The Labute approximate surface area is 131 Å². The van der Waals surface area contributed by atoms with Crippen LogP contribution in [0.25, 0.3) is 0 Å². The van der Waals surface area contributed by atoms with Crippen LogP contribution in [-0.4, -0.2) is 53.1 Å². The normalized spacial score (nSPS) is 20.6. The first kappa shape index (κ1) is 16.9. The van der Waals surface area contributed by atoms with Gasteiger partial charge in [-0.25, -0.2) is 4.39 Å². The molecule has 0 aliphatic carbocycles. The number of likely N-dealkylation sites (tertiary alicyclic amines) is 1. The molecule has 0 radical (unpaired) electrons. The highest BCUT2D eigenvalue weighted by molar-refractivity contribution is 5.78. The maximum Gasteiger partial charge on any atom is 0.236 e. The van der Waals surface area contributed by atoms with Crippen molar-refractivity contribution in [2.45, 2.75) is 44.9 Å². The van der Waals surface area contributed by atoms with Crippen LogP contribution in [0, 0.1) is 5.82 Å². The second-order valence-electron chi connectivity index (χ2n) is 6.15. The Balaban J connectivity index is 1.91. The fourth-order valence-electron chi connectivity index (χ4n) is 3.01. The molecule has 0 unspecified atom stereocenters. The lowest BCUT2D eigenvalue weighted by Crippen LogP contribution is -2.49. The molecule has 1 aliphatic heterocycles. The molecule has 1 aromatic carbocycles. The number of piperidine rings is 1. The number of hydrogen-bond acceptors (Lipinski definition) is 3. The van der Waals surface area contributed by atoms with E-state index in [1.807, 2.05) is 0 Å². The van der Waals surface area contributed by atoms with Gasteiger partial charge < -0.3 is 10.0 Å². The molecular formula is C17H25FN2O2. The number of carbonyl (C=O) groups excluding carboxylic acids is 1. The van der Waals surface area contributed by atoms with E-state index < -0.39 is 6.10 Å². The van der Waals surface area contributed by atoms with Gasteiger partial charge in [0.05, 0.1) is 12.6 Å². The Morgan fingerprint density at radius 3 is 2.73 bits per heavy atom. The van der Waals surface area contributed by atoms with E-state index in [0.29, 0.717) is 13.1 Å². The standard InChI is InChI=1S/C17H25FN2O2/c1-13(21)16-5-3-4-10-20(16)12-17(22)19(2)11-14-6-8-15(18)9-7-14/h6-9,13,16,21H,3-5,10-12H2,1-2H3/t13-,16-/m0/s1. The summed E-state index contributed by atoms with van der Waals surface area (Å²) in [5.74, 6) is -0.248. The van der Waals surface area contributed by atoms with Crippen molar-refractivity contribution in [3.8, 4) is 0 Å². The van der Waals surface area contributed by atoms with Crippen molar-refractivity contribution >= 4 is 5.91 Å². The smallest absolute Gasteiger partial charge is 0.236 e. The SMILES string of the molecule is C[C@H](O)[C@@H]1CCCCN1CC(=O)N(C)Cc1ccc(F)cc1. The molecule has 0 saturated carbocycles. The second-order valence-corrected chi connectivity index (χ2v) is 6.15. The average molecular weight is 308 g/mol. The molecule has 0 spiro atoms. The topological polar surface area (TPSA) is 43.8 Å². The van der Waals surface area contributed by atoms with Crippen molar-refractivity contribution in [3.63, 3.8) is 0 Å². The van der Waals surface area contributed by atoms with E-state index in [9.17, 15) is 14.3 Å². The van der Waals surface area contributed by atoms with Gasteiger partial charge in [-0.2, -0.15) is 0 Å². The monoisotopic (exact) mass is 308 g/mol. The highest BCUT2D eigenvalue weighted by Gasteiger charge is 2.28. The van der Waals surface area contributed by atoms with Crippen molar-refractivity contribution < 1.29 is 14.3 Å². The summed E-state index contributed by atoms with van der Waals surface area (Å²) >= 11 is 0. The third-order valence-electron chi connectivity index (χ3n) is 4.32. The summed E-state index contributed by atoms with van der Waals surface area (Å²) in [6, 6.07) is 6.26. The first-order valence-electron chi connectivity index (χ1n) is 7.88. The number of carbonyl (C=O) groups is 1. The minimum absolute atomic E-state index is 0.0249. The molecule has 22 heavy (non-hydrogen) atoms. The van der Waals surface area contributed by atoms with E-state index in [0.717, 1.165) is 31.4 Å². The summed E-state index contributed by atoms with van der Waals surface area (Å²) in [5.41, 5.74) is 0.906. The number of hydrogen-bond donors (Lipinski definition) is 1. The Morgan fingerprint density at radius 2 is 2.09 bits per heavy atom. The number of rotatable bonds is 5. The highest BCUT2D eigenvalue weighted by Crippen LogP contribution is 2.19. The Hall–Kier alpha value is -1.46. The molecule has 0 bridgehead atoms. The fraction of sp³-hybridized carbons (Fsp3) is 0.588. The van der Waals surface area contributed by atoms with Gasteiger partial charge in [0.15, 0.2) is 0 Å². The largest absolute Gasteiger partial charge is 0.392 e. The van der Waals surface area contributed by atoms with Crippen LogP contribution in [0.3, 0.4) is 0 Å². The van der Waals surface area contributed by atoms with Gasteiger partial charge in [0.2, 0.25) is 5.91 Å². The molecule has 1 aliphatic rings. The molecular weight excluding hydrogens is 283 g/mol. The number of halogens is 1. The van der Waals surface area contributed by atoms with Gasteiger partial charge >= 0.3 is 0 Å². The van der Waals surface area contributed by atoms with Crippen LogP contribution in [0.1, 0.15) is 31.7 Å². The lowest BCUT2D eigenvalue weighted by molar-refractivity contribution is -0.133. The molecule has 4 nitrogen and oxygen atoms in total. The van der Waals surface area contributed by atoms with Crippen LogP contribution in [0.15, 0.2) is 24.3 Å². The first-order chi connectivity index (χ1) is 10.5. The zero-order valence-electron chi connectivity index (χ0n) is 13.3. The molecule has 122 valence electrons. The van der Waals surface area contributed by atoms with Crippen LogP contribution in [0.5, 0.6) is 0 Å². The molecule has 1 amide bonds. The summed E-state index contributed by atoms with van der Waals surface area (Å²) in [4.78, 5) is 16.1. The molecule has 1 aromatic rings. The Morgan fingerprint density at radius 1 is 1.41 bits per heavy atom. The molecule has 5 heteroatoms. The van der Waals surface area contributed by atoms with Gasteiger partial charge in [-0.3, -0.25) is 9.69 Å². The summed E-state index contributed by atoms with van der Waals surface area (Å²) < 4.78 is 12.9. The number of likely N-dealkylation sites (N-methyl/N-ethyl adjacent to an activating group) is 1. The predicted molar refractivity (Wildman–Crippen MR) is 83.8 cm³/mol. The Bertz CT molecular complexity index is 490. The van der Waals surface area contributed by atoms with E-state index in [2.05, 4.69) is 4.90 Å². The van der Waals surface area contributed by atoms with E-state index in [-0.39, 0.29) is 17.8 Å². The summed E-state index contributed by atoms with van der Waals surface area (Å²) in [6.45, 7) is 3.43. The van der Waals surface area contributed by atoms with Crippen LogP contribution in [0.4, 0.5) is 4.39 Å². The number of amides is 1. The van der Waals surface area contributed by atoms with E-state index >= 15 is 0 Å². The summed E-state index contributed by atoms with van der Waals surface area (Å²) in [7, 11) is 1.76. The maximum absolute atomic E-state index is 12.9. The number of benzene rings is 1.